The molecule has 2 aromatic carbocycles. The molecule has 1 heterocycles. The zero-order chi connectivity index (χ0) is 19.1. The highest BCUT2D eigenvalue weighted by Gasteiger charge is 2.08. The predicted molar refractivity (Wildman–Crippen MR) is 101 cm³/mol. The van der Waals surface area contributed by atoms with Crippen LogP contribution in [0.25, 0.3) is 0 Å². The van der Waals surface area contributed by atoms with E-state index in [0.29, 0.717) is 24.5 Å². The van der Waals surface area contributed by atoms with Crippen LogP contribution in [0.4, 0.5) is 15.9 Å². The van der Waals surface area contributed by atoms with Crippen LogP contribution < -0.4 is 15.4 Å². The number of halogens is 1. The fourth-order valence-electron chi connectivity index (χ4n) is 2.44. The maximum Gasteiger partial charge on any atom is 0.271 e. The maximum absolute atomic E-state index is 12.9. The summed E-state index contributed by atoms with van der Waals surface area (Å²) in [6.45, 7) is 0.475. The Kier molecular flexibility index (Phi) is 5.94. The number of carbonyl (C=O) groups excluding carboxylic acids is 1. The molecule has 0 bridgehead atoms. The Bertz CT molecular complexity index is 899. The Hall–Kier alpha value is -3.48. The number of nitrogens with one attached hydrogen (secondary N) is 2. The molecule has 2 N–H and O–H groups in total. The lowest BCUT2D eigenvalue weighted by Crippen LogP contribution is -2.26. The van der Waals surface area contributed by atoms with Crippen molar-refractivity contribution >= 4 is 17.4 Å². The van der Waals surface area contributed by atoms with Crippen LogP contribution in [0.2, 0.25) is 0 Å². The Morgan fingerprint density at radius 3 is 2.59 bits per heavy atom. The van der Waals surface area contributed by atoms with Crippen LogP contribution in [0.3, 0.4) is 0 Å². The van der Waals surface area contributed by atoms with Gasteiger partial charge in [-0.05, 0) is 60.5 Å². The van der Waals surface area contributed by atoms with Gasteiger partial charge in [-0.1, -0.05) is 12.1 Å². The number of amides is 1. The monoisotopic (exact) mass is 366 g/mol. The number of ether oxygens (including phenoxy) is 1. The number of nitrogens with zero attached hydrogens (tertiary/aromatic N) is 2. The fraction of sp³-hybridized carbons (Fsp3) is 0.150. The van der Waals surface area contributed by atoms with Crippen molar-refractivity contribution in [3.63, 3.8) is 0 Å². The van der Waals surface area contributed by atoms with Gasteiger partial charge in [0.05, 0.1) is 7.11 Å². The average molecular weight is 366 g/mol. The van der Waals surface area contributed by atoms with E-state index in [-0.39, 0.29) is 17.4 Å². The van der Waals surface area contributed by atoms with Crippen LogP contribution in [-0.2, 0) is 6.42 Å². The summed E-state index contributed by atoms with van der Waals surface area (Å²) in [5.74, 6) is 0.648. The standard InChI is InChI=1S/C20H19FN4O2/c1-27-17-4-2-3-14(13-17)11-12-22-20(26)18-9-10-19(25-24-18)23-16-7-5-15(21)6-8-16/h2-10,13H,11-12H2,1H3,(H,22,26)(H,23,25). The van der Waals surface area contributed by atoms with Crippen LogP contribution in [0.1, 0.15) is 16.1 Å². The lowest BCUT2D eigenvalue weighted by Gasteiger charge is -2.07. The second-order valence-corrected chi connectivity index (χ2v) is 5.79. The molecule has 0 fully saturated rings. The van der Waals surface area contributed by atoms with E-state index in [2.05, 4.69) is 20.8 Å². The smallest absolute Gasteiger partial charge is 0.271 e. The molecule has 1 aromatic heterocycles. The quantitative estimate of drug-likeness (QED) is 0.671. The summed E-state index contributed by atoms with van der Waals surface area (Å²) in [5.41, 5.74) is 1.98. The second kappa shape index (κ2) is 8.75. The number of hydrogen-bond donors (Lipinski definition) is 2. The Morgan fingerprint density at radius 2 is 1.89 bits per heavy atom. The highest BCUT2D eigenvalue weighted by atomic mass is 19.1. The van der Waals surface area contributed by atoms with Crippen LogP contribution in [0.5, 0.6) is 5.75 Å². The summed E-state index contributed by atoms with van der Waals surface area (Å²) in [7, 11) is 1.62. The molecule has 27 heavy (non-hydrogen) atoms. The van der Waals surface area contributed by atoms with Gasteiger partial charge in [0, 0.05) is 12.2 Å². The van der Waals surface area contributed by atoms with Crippen molar-refractivity contribution in [3.8, 4) is 5.75 Å². The minimum absolute atomic E-state index is 0.227. The van der Waals surface area contributed by atoms with Gasteiger partial charge in [-0.3, -0.25) is 4.79 Å². The number of methoxy groups -OCH3 is 1. The molecule has 0 spiro atoms. The van der Waals surface area contributed by atoms with Gasteiger partial charge in [0.25, 0.3) is 5.91 Å². The van der Waals surface area contributed by atoms with Gasteiger partial charge < -0.3 is 15.4 Å². The SMILES string of the molecule is COc1cccc(CCNC(=O)c2ccc(Nc3ccc(F)cc3)nn2)c1. The zero-order valence-electron chi connectivity index (χ0n) is 14.8. The predicted octanol–water partition coefficient (Wildman–Crippen LogP) is 3.34. The van der Waals surface area contributed by atoms with E-state index in [1.807, 2.05) is 24.3 Å². The lowest BCUT2D eigenvalue weighted by molar-refractivity contribution is 0.0948. The molecule has 138 valence electrons. The molecule has 0 radical (unpaired) electrons. The van der Waals surface area contributed by atoms with Gasteiger partial charge in [0.2, 0.25) is 0 Å². The van der Waals surface area contributed by atoms with E-state index in [1.54, 1.807) is 31.4 Å². The van der Waals surface area contributed by atoms with Crippen molar-refractivity contribution in [2.24, 2.45) is 0 Å². The first-order chi connectivity index (χ1) is 13.1. The summed E-state index contributed by atoms with van der Waals surface area (Å²) in [6.07, 6.45) is 0.681. The molecule has 0 saturated carbocycles. The molecular formula is C20H19FN4O2. The third-order valence-electron chi connectivity index (χ3n) is 3.85. The van der Waals surface area contributed by atoms with E-state index in [4.69, 9.17) is 4.74 Å². The van der Waals surface area contributed by atoms with Crippen LogP contribution in [0, 0.1) is 5.82 Å². The molecule has 0 aliphatic heterocycles. The molecule has 6 nitrogen and oxygen atoms in total. The summed E-state index contributed by atoms with van der Waals surface area (Å²) in [6, 6.07) is 16.8. The van der Waals surface area contributed by atoms with Crippen molar-refractivity contribution < 1.29 is 13.9 Å². The summed E-state index contributed by atoms with van der Waals surface area (Å²) in [5, 5.41) is 13.7. The average Bonchev–Trinajstić information content (AvgIpc) is 2.70. The number of aromatic nitrogens is 2. The van der Waals surface area contributed by atoms with Gasteiger partial charge in [-0.2, -0.15) is 0 Å². The van der Waals surface area contributed by atoms with Gasteiger partial charge in [0.15, 0.2) is 11.5 Å². The molecule has 0 saturated heterocycles. The van der Waals surface area contributed by atoms with E-state index < -0.39 is 0 Å². The Balaban J connectivity index is 1.51. The van der Waals surface area contributed by atoms with Crippen molar-refractivity contribution in [1.29, 1.82) is 0 Å². The summed E-state index contributed by atoms with van der Waals surface area (Å²) < 4.78 is 18.1. The van der Waals surface area contributed by atoms with Crippen molar-refractivity contribution in [2.75, 3.05) is 19.0 Å². The normalized spacial score (nSPS) is 10.3. The Labute approximate surface area is 156 Å². The van der Waals surface area contributed by atoms with E-state index >= 15 is 0 Å². The zero-order valence-corrected chi connectivity index (χ0v) is 14.8. The minimum Gasteiger partial charge on any atom is -0.497 e. The highest BCUT2D eigenvalue weighted by Crippen LogP contribution is 2.14. The number of benzene rings is 2. The van der Waals surface area contributed by atoms with Gasteiger partial charge in [-0.25, -0.2) is 4.39 Å². The maximum atomic E-state index is 12.9. The van der Waals surface area contributed by atoms with Crippen molar-refractivity contribution in [2.45, 2.75) is 6.42 Å². The molecule has 7 heteroatoms. The van der Waals surface area contributed by atoms with Crippen LogP contribution >= 0.6 is 0 Å². The number of anilines is 2. The third kappa shape index (κ3) is 5.24. The number of rotatable bonds is 7. The molecule has 0 atom stereocenters. The van der Waals surface area contributed by atoms with E-state index in [0.717, 1.165) is 11.3 Å². The van der Waals surface area contributed by atoms with Crippen LogP contribution in [-0.4, -0.2) is 29.8 Å². The highest BCUT2D eigenvalue weighted by molar-refractivity contribution is 5.92. The molecule has 0 unspecified atom stereocenters. The fourth-order valence-corrected chi connectivity index (χ4v) is 2.44. The van der Waals surface area contributed by atoms with E-state index in [9.17, 15) is 9.18 Å². The first kappa shape index (κ1) is 18.3. The first-order valence-corrected chi connectivity index (χ1v) is 8.41. The van der Waals surface area contributed by atoms with Gasteiger partial charge in [0.1, 0.15) is 11.6 Å². The number of carbonyl (C=O) groups is 1. The Morgan fingerprint density at radius 1 is 1.07 bits per heavy atom. The van der Waals surface area contributed by atoms with Crippen LogP contribution in [0.15, 0.2) is 60.7 Å². The summed E-state index contributed by atoms with van der Waals surface area (Å²) >= 11 is 0. The first-order valence-electron chi connectivity index (χ1n) is 8.41. The molecule has 3 aromatic rings. The lowest BCUT2D eigenvalue weighted by atomic mass is 10.1. The molecular weight excluding hydrogens is 347 g/mol. The van der Waals surface area contributed by atoms with Gasteiger partial charge in [-0.15, -0.1) is 10.2 Å². The van der Waals surface area contributed by atoms with Crippen molar-refractivity contribution in [3.05, 3.63) is 77.7 Å². The van der Waals surface area contributed by atoms with Crippen molar-refractivity contribution in [1.82, 2.24) is 15.5 Å². The largest absolute Gasteiger partial charge is 0.497 e. The second-order valence-electron chi connectivity index (χ2n) is 5.79. The number of hydrogen-bond acceptors (Lipinski definition) is 5. The minimum atomic E-state index is -0.312. The van der Waals surface area contributed by atoms with E-state index in [1.165, 1.54) is 12.1 Å². The molecule has 0 aliphatic carbocycles. The molecule has 3 rings (SSSR count). The summed E-state index contributed by atoms with van der Waals surface area (Å²) in [4.78, 5) is 12.2. The third-order valence-corrected chi connectivity index (χ3v) is 3.85. The topological polar surface area (TPSA) is 76.1 Å². The molecule has 0 aliphatic rings. The molecule has 1 amide bonds. The van der Waals surface area contributed by atoms with Gasteiger partial charge >= 0.3 is 0 Å².